The average Bonchev–Trinajstić information content (AvgIpc) is 2.50. The summed E-state index contributed by atoms with van der Waals surface area (Å²) in [4.78, 5) is 4.39. The summed E-state index contributed by atoms with van der Waals surface area (Å²) >= 11 is 0. The molecule has 2 aromatic rings. The number of nitrogens with zero attached hydrogens (tertiary/aromatic N) is 1. The lowest BCUT2D eigenvalue weighted by atomic mass is 10.0. The smallest absolute Gasteiger partial charge is 0.0966 e. The third kappa shape index (κ3) is 4.04. The van der Waals surface area contributed by atoms with Gasteiger partial charge in [0.1, 0.15) is 0 Å². The van der Waals surface area contributed by atoms with Crippen molar-refractivity contribution in [1.82, 2.24) is 4.98 Å². The zero-order chi connectivity index (χ0) is 14.2. The Hall–Kier alpha value is -1.41. The molecule has 0 saturated carbocycles. The number of aromatic nitrogens is 1. The number of pyridine rings is 1. The molecular formula is C18H25NO. The highest BCUT2D eigenvalue weighted by Crippen LogP contribution is 2.25. The van der Waals surface area contributed by atoms with Gasteiger partial charge < -0.3 is 5.11 Å². The molecule has 1 heterocycles. The molecule has 2 rings (SSSR count). The van der Waals surface area contributed by atoms with E-state index < -0.39 is 6.10 Å². The number of fused-ring (bicyclic) bond motifs is 1. The van der Waals surface area contributed by atoms with Gasteiger partial charge in [0.15, 0.2) is 0 Å². The van der Waals surface area contributed by atoms with Gasteiger partial charge in [-0.3, -0.25) is 4.98 Å². The summed E-state index contributed by atoms with van der Waals surface area (Å²) in [5, 5.41) is 12.6. The molecule has 0 radical (unpaired) electrons. The summed E-state index contributed by atoms with van der Waals surface area (Å²) in [5.74, 6) is 0. The fourth-order valence-corrected chi connectivity index (χ4v) is 2.66. The standard InChI is InChI=1S/C18H25NO/c1-2-3-4-5-6-7-12-17(20)18-16-11-9-8-10-15(16)13-14-19-18/h8-11,13-14,17,20H,2-7,12H2,1H3. The van der Waals surface area contributed by atoms with Gasteiger partial charge in [0.2, 0.25) is 0 Å². The van der Waals surface area contributed by atoms with Crippen molar-refractivity contribution in [2.45, 2.75) is 58.0 Å². The van der Waals surface area contributed by atoms with Crippen molar-refractivity contribution in [3.63, 3.8) is 0 Å². The first-order valence-electron chi connectivity index (χ1n) is 7.84. The number of unbranched alkanes of at least 4 members (excludes halogenated alkanes) is 5. The Labute approximate surface area is 121 Å². The maximum absolute atomic E-state index is 10.4. The fraction of sp³-hybridized carbons (Fsp3) is 0.500. The summed E-state index contributed by atoms with van der Waals surface area (Å²) in [6, 6.07) is 10.1. The highest BCUT2D eigenvalue weighted by atomic mass is 16.3. The zero-order valence-corrected chi connectivity index (χ0v) is 12.4. The van der Waals surface area contributed by atoms with Crippen molar-refractivity contribution in [3.8, 4) is 0 Å². The van der Waals surface area contributed by atoms with Crippen LogP contribution in [0.1, 0.15) is 63.7 Å². The van der Waals surface area contributed by atoms with Crippen LogP contribution in [0, 0.1) is 0 Å². The van der Waals surface area contributed by atoms with E-state index in [4.69, 9.17) is 0 Å². The molecule has 20 heavy (non-hydrogen) atoms. The first-order valence-corrected chi connectivity index (χ1v) is 7.84. The monoisotopic (exact) mass is 271 g/mol. The van der Waals surface area contributed by atoms with Gasteiger partial charge in [0, 0.05) is 11.6 Å². The van der Waals surface area contributed by atoms with Gasteiger partial charge in [-0.05, 0) is 17.9 Å². The predicted molar refractivity (Wildman–Crippen MR) is 84.7 cm³/mol. The number of aliphatic hydroxyl groups is 1. The molecule has 2 heteroatoms. The quantitative estimate of drug-likeness (QED) is 0.684. The Kier molecular flexibility index (Phi) is 6.00. The van der Waals surface area contributed by atoms with Crippen molar-refractivity contribution < 1.29 is 5.11 Å². The molecule has 0 aliphatic rings. The van der Waals surface area contributed by atoms with Crippen molar-refractivity contribution in [2.24, 2.45) is 0 Å². The molecule has 0 amide bonds. The number of hydrogen-bond acceptors (Lipinski definition) is 2. The molecule has 0 aliphatic heterocycles. The van der Waals surface area contributed by atoms with E-state index in [1.54, 1.807) is 6.20 Å². The second kappa shape index (κ2) is 8.01. The molecule has 0 aliphatic carbocycles. The van der Waals surface area contributed by atoms with E-state index >= 15 is 0 Å². The van der Waals surface area contributed by atoms with Gasteiger partial charge >= 0.3 is 0 Å². The third-order valence-electron chi connectivity index (χ3n) is 3.85. The minimum Gasteiger partial charge on any atom is -0.387 e. The number of rotatable bonds is 8. The van der Waals surface area contributed by atoms with E-state index in [0.717, 1.165) is 29.3 Å². The summed E-state index contributed by atoms with van der Waals surface area (Å²) in [5.41, 5.74) is 0.830. The van der Waals surface area contributed by atoms with Crippen LogP contribution in [0.5, 0.6) is 0 Å². The highest BCUT2D eigenvalue weighted by molar-refractivity contribution is 5.84. The third-order valence-corrected chi connectivity index (χ3v) is 3.85. The summed E-state index contributed by atoms with van der Waals surface area (Å²) in [6.45, 7) is 2.23. The number of aliphatic hydroxyl groups excluding tert-OH is 1. The second-order valence-corrected chi connectivity index (χ2v) is 5.49. The Morgan fingerprint density at radius 3 is 2.60 bits per heavy atom. The normalized spacial score (nSPS) is 12.7. The predicted octanol–water partition coefficient (Wildman–Crippen LogP) is 5.02. The van der Waals surface area contributed by atoms with E-state index in [1.165, 1.54) is 32.1 Å². The van der Waals surface area contributed by atoms with Crippen molar-refractivity contribution in [1.29, 1.82) is 0 Å². The number of hydrogen-bond donors (Lipinski definition) is 1. The van der Waals surface area contributed by atoms with Crippen LogP contribution in [-0.2, 0) is 0 Å². The molecule has 1 aromatic heterocycles. The Balaban J connectivity index is 1.89. The number of benzene rings is 1. The van der Waals surface area contributed by atoms with Crippen LogP contribution in [0.15, 0.2) is 36.5 Å². The lowest BCUT2D eigenvalue weighted by molar-refractivity contribution is 0.160. The minimum atomic E-state index is -0.438. The second-order valence-electron chi connectivity index (χ2n) is 5.49. The molecule has 2 nitrogen and oxygen atoms in total. The van der Waals surface area contributed by atoms with Gasteiger partial charge in [-0.1, -0.05) is 69.7 Å². The van der Waals surface area contributed by atoms with Gasteiger partial charge in [0.05, 0.1) is 11.8 Å². The molecule has 0 saturated heterocycles. The molecule has 1 aromatic carbocycles. The van der Waals surface area contributed by atoms with Gasteiger partial charge in [-0.2, -0.15) is 0 Å². The van der Waals surface area contributed by atoms with Gasteiger partial charge in [-0.25, -0.2) is 0 Å². The molecule has 0 spiro atoms. The lowest BCUT2D eigenvalue weighted by Gasteiger charge is -2.12. The fourth-order valence-electron chi connectivity index (χ4n) is 2.66. The van der Waals surface area contributed by atoms with Crippen LogP contribution in [0.4, 0.5) is 0 Å². The van der Waals surface area contributed by atoms with Crippen molar-refractivity contribution in [3.05, 3.63) is 42.2 Å². The summed E-state index contributed by atoms with van der Waals surface area (Å²) < 4.78 is 0. The Morgan fingerprint density at radius 1 is 1.00 bits per heavy atom. The minimum absolute atomic E-state index is 0.438. The summed E-state index contributed by atoms with van der Waals surface area (Å²) in [6.07, 6.45) is 9.66. The molecular weight excluding hydrogens is 246 g/mol. The van der Waals surface area contributed by atoms with Crippen molar-refractivity contribution in [2.75, 3.05) is 0 Å². The maximum Gasteiger partial charge on any atom is 0.0966 e. The lowest BCUT2D eigenvalue weighted by Crippen LogP contribution is -2.01. The largest absolute Gasteiger partial charge is 0.387 e. The van der Waals surface area contributed by atoms with E-state index in [0.29, 0.717) is 0 Å². The van der Waals surface area contributed by atoms with Crippen LogP contribution in [0.25, 0.3) is 10.8 Å². The van der Waals surface area contributed by atoms with Crippen LogP contribution < -0.4 is 0 Å². The van der Waals surface area contributed by atoms with Crippen LogP contribution in [0.2, 0.25) is 0 Å². The zero-order valence-electron chi connectivity index (χ0n) is 12.4. The van der Waals surface area contributed by atoms with Gasteiger partial charge in [0.25, 0.3) is 0 Å². The van der Waals surface area contributed by atoms with E-state index in [9.17, 15) is 5.11 Å². The van der Waals surface area contributed by atoms with E-state index in [1.807, 2.05) is 24.3 Å². The van der Waals surface area contributed by atoms with E-state index in [2.05, 4.69) is 18.0 Å². The molecule has 108 valence electrons. The SMILES string of the molecule is CCCCCCCCC(O)c1nccc2ccccc12. The molecule has 1 atom stereocenters. The first kappa shape index (κ1) is 15.0. The highest BCUT2D eigenvalue weighted by Gasteiger charge is 2.12. The topological polar surface area (TPSA) is 33.1 Å². The van der Waals surface area contributed by atoms with Crippen LogP contribution >= 0.6 is 0 Å². The molecule has 0 fully saturated rings. The maximum atomic E-state index is 10.4. The Bertz CT molecular complexity index is 518. The van der Waals surface area contributed by atoms with Crippen LogP contribution in [-0.4, -0.2) is 10.1 Å². The average molecular weight is 271 g/mol. The molecule has 1 N–H and O–H groups in total. The summed E-state index contributed by atoms with van der Waals surface area (Å²) in [7, 11) is 0. The van der Waals surface area contributed by atoms with Crippen molar-refractivity contribution >= 4 is 10.8 Å². The molecule has 1 unspecified atom stereocenters. The van der Waals surface area contributed by atoms with Crippen LogP contribution in [0.3, 0.4) is 0 Å². The van der Waals surface area contributed by atoms with Gasteiger partial charge in [-0.15, -0.1) is 0 Å². The Morgan fingerprint density at radius 2 is 1.75 bits per heavy atom. The first-order chi connectivity index (χ1) is 9.83. The molecule has 0 bridgehead atoms. The van der Waals surface area contributed by atoms with E-state index in [-0.39, 0.29) is 0 Å².